The van der Waals surface area contributed by atoms with Gasteiger partial charge in [0.2, 0.25) is 5.91 Å². The highest BCUT2D eigenvalue weighted by molar-refractivity contribution is 5.93. The minimum atomic E-state index is 0.171. The summed E-state index contributed by atoms with van der Waals surface area (Å²) in [5.41, 5.74) is 6.75. The number of rotatable bonds is 7. The SMILES string of the molecule is CCN(C(=O)C[C@@H](CN)CC(C)C)c1ccccc1. The van der Waals surface area contributed by atoms with Gasteiger partial charge in [-0.15, -0.1) is 0 Å². The minimum Gasteiger partial charge on any atom is -0.330 e. The van der Waals surface area contributed by atoms with Crippen LogP contribution in [0.25, 0.3) is 0 Å². The molecule has 0 aliphatic carbocycles. The fraction of sp³-hybridized carbons (Fsp3) is 0.562. The molecule has 0 heterocycles. The fourth-order valence-electron chi connectivity index (χ4n) is 2.40. The summed E-state index contributed by atoms with van der Waals surface area (Å²) in [7, 11) is 0. The van der Waals surface area contributed by atoms with E-state index in [0.717, 1.165) is 12.1 Å². The third kappa shape index (κ3) is 5.03. The Labute approximate surface area is 116 Å². The average molecular weight is 262 g/mol. The van der Waals surface area contributed by atoms with Crippen LogP contribution in [0.1, 0.15) is 33.6 Å². The maximum atomic E-state index is 12.4. The molecule has 0 spiro atoms. The van der Waals surface area contributed by atoms with E-state index in [0.29, 0.717) is 25.4 Å². The van der Waals surface area contributed by atoms with E-state index in [1.165, 1.54) is 0 Å². The molecule has 0 aromatic heterocycles. The van der Waals surface area contributed by atoms with Crippen molar-refractivity contribution in [3.63, 3.8) is 0 Å². The molecule has 0 aliphatic heterocycles. The number of nitrogens with two attached hydrogens (primary N) is 1. The zero-order chi connectivity index (χ0) is 14.3. The second kappa shape index (κ2) is 7.95. The first-order valence-electron chi connectivity index (χ1n) is 7.13. The van der Waals surface area contributed by atoms with Gasteiger partial charge in [-0.25, -0.2) is 0 Å². The monoisotopic (exact) mass is 262 g/mol. The maximum Gasteiger partial charge on any atom is 0.227 e. The normalized spacial score (nSPS) is 12.5. The Balaban J connectivity index is 2.69. The van der Waals surface area contributed by atoms with E-state index < -0.39 is 0 Å². The van der Waals surface area contributed by atoms with Crippen molar-refractivity contribution in [2.75, 3.05) is 18.0 Å². The van der Waals surface area contributed by atoms with Gasteiger partial charge in [0.25, 0.3) is 0 Å². The van der Waals surface area contributed by atoms with E-state index in [4.69, 9.17) is 5.73 Å². The molecule has 1 aromatic rings. The molecule has 106 valence electrons. The number of para-hydroxylation sites is 1. The van der Waals surface area contributed by atoms with Gasteiger partial charge in [-0.05, 0) is 43.9 Å². The number of hydrogen-bond donors (Lipinski definition) is 1. The summed E-state index contributed by atoms with van der Waals surface area (Å²) in [5.74, 6) is 1.03. The van der Waals surface area contributed by atoms with Gasteiger partial charge in [-0.2, -0.15) is 0 Å². The molecule has 2 N–H and O–H groups in total. The van der Waals surface area contributed by atoms with Crippen LogP contribution < -0.4 is 10.6 Å². The molecule has 3 nitrogen and oxygen atoms in total. The molecule has 19 heavy (non-hydrogen) atoms. The number of benzene rings is 1. The lowest BCUT2D eigenvalue weighted by Gasteiger charge is -2.24. The van der Waals surface area contributed by atoms with E-state index >= 15 is 0 Å². The summed E-state index contributed by atoms with van der Waals surface area (Å²) in [4.78, 5) is 14.2. The van der Waals surface area contributed by atoms with Gasteiger partial charge in [0.1, 0.15) is 0 Å². The first kappa shape index (κ1) is 15.7. The Kier molecular flexibility index (Phi) is 6.57. The van der Waals surface area contributed by atoms with Crippen molar-refractivity contribution in [1.29, 1.82) is 0 Å². The van der Waals surface area contributed by atoms with E-state index in [9.17, 15) is 4.79 Å². The molecule has 0 saturated carbocycles. The number of carbonyl (C=O) groups excluding carboxylic acids is 1. The average Bonchev–Trinajstić information content (AvgIpc) is 2.39. The summed E-state index contributed by atoms with van der Waals surface area (Å²) in [6.45, 7) is 7.62. The third-order valence-corrected chi connectivity index (χ3v) is 3.29. The Morgan fingerprint density at radius 3 is 2.37 bits per heavy atom. The maximum absolute atomic E-state index is 12.4. The molecule has 1 rings (SSSR count). The van der Waals surface area contributed by atoms with E-state index in [2.05, 4.69) is 13.8 Å². The molecular formula is C16H26N2O. The summed E-state index contributed by atoms with van der Waals surface area (Å²) in [5, 5.41) is 0. The summed E-state index contributed by atoms with van der Waals surface area (Å²) >= 11 is 0. The van der Waals surface area contributed by atoms with Crippen molar-refractivity contribution in [1.82, 2.24) is 0 Å². The molecule has 0 fully saturated rings. The van der Waals surface area contributed by atoms with Gasteiger partial charge in [0, 0.05) is 18.7 Å². The van der Waals surface area contributed by atoms with Crippen molar-refractivity contribution in [2.45, 2.75) is 33.6 Å². The molecule has 3 heteroatoms. The standard InChI is InChI=1S/C16H26N2O/c1-4-18(15-8-6-5-7-9-15)16(19)11-14(12-17)10-13(2)3/h5-9,13-14H,4,10-12,17H2,1-3H3/t14-/m0/s1. The quantitative estimate of drug-likeness (QED) is 0.821. The van der Waals surface area contributed by atoms with Crippen LogP contribution in [0.5, 0.6) is 0 Å². The lowest BCUT2D eigenvalue weighted by molar-refractivity contribution is -0.119. The van der Waals surface area contributed by atoms with Crippen molar-refractivity contribution in [3.05, 3.63) is 30.3 Å². The Bertz CT molecular complexity index is 376. The minimum absolute atomic E-state index is 0.171. The van der Waals surface area contributed by atoms with Crippen LogP contribution in [0.3, 0.4) is 0 Å². The van der Waals surface area contributed by atoms with Crippen molar-refractivity contribution < 1.29 is 4.79 Å². The smallest absolute Gasteiger partial charge is 0.227 e. The van der Waals surface area contributed by atoms with Gasteiger partial charge in [0.05, 0.1) is 0 Å². The summed E-state index contributed by atoms with van der Waals surface area (Å²) < 4.78 is 0. The van der Waals surface area contributed by atoms with Crippen LogP contribution in [0.2, 0.25) is 0 Å². The van der Waals surface area contributed by atoms with E-state index in [-0.39, 0.29) is 11.8 Å². The lowest BCUT2D eigenvalue weighted by atomic mass is 9.93. The largest absolute Gasteiger partial charge is 0.330 e. The molecule has 0 aliphatic rings. The van der Waals surface area contributed by atoms with Crippen LogP contribution in [0.15, 0.2) is 30.3 Å². The number of amides is 1. The highest BCUT2D eigenvalue weighted by Gasteiger charge is 2.19. The van der Waals surface area contributed by atoms with Crippen molar-refractivity contribution in [2.24, 2.45) is 17.6 Å². The van der Waals surface area contributed by atoms with Crippen molar-refractivity contribution >= 4 is 11.6 Å². The highest BCUT2D eigenvalue weighted by Crippen LogP contribution is 2.19. The van der Waals surface area contributed by atoms with Gasteiger partial charge in [-0.3, -0.25) is 4.79 Å². The molecular weight excluding hydrogens is 236 g/mol. The molecule has 1 atom stereocenters. The summed E-state index contributed by atoms with van der Waals surface area (Å²) in [6, 6.07) is 9.82. The van der Waals surface area contributed by atoms with Gasteiger partial charge < -0.3 is 10.6 Å². The summed E-state index contributed by atoms with van der Waals surface area (Å²) in [6.07, 6.45) is 1.55. The molecule has 0 radical (unpaired) electrons. The van der Waals surface area contributed by atoms with Crippen LogP contribution >= 0.6 is 0 Å². The van der Waals surface area contributed by atoms with Gasteiger partial charge >= 0.3 is 0 Å². The topological polar surface area (TPSA) is 46.3 Å². The van der Waals surface area contributed by atoms with Crippen LogP contribution in [-0.4, -0.2) is 19.0 Å². The van der Waals surface area contributed by atoms with Gasteiger partial charge in [-0.1, -0.05) is 32.0 Å². The molecule has 0 bridgehead atoms. The number of anilines is 1. The first-order chi connectivity index (χ1) is 9.08. The predicted molar refractivity (Wildman–Crippen MR) is 81.1 cm³/mol. The van der Waals surface area contributed by atoms with E-state index in [1.54, 1.807) is 0 Å². The van der Waals surface area contributed by atoms with Crippen LogP contribution in [0, 0.1) is 11.8 Å². The Hall–Kier alpha value is -1.35. The predicted octanol–water partition coefficient (Wildman–Crippen LogP) is 3.05. The molecule has 0 saturated heterocycles. The number of nitrogens with zero attached hydrogens (tertiary/aromatic N) is 1. The second-order valence-electron chi connectivity index (χ2n) is 5.41. The zero-order valence-electron chi connectivity index (χ0n) is 12.3. The molecule has 1 aromatic carbocycles. The lowest BCUT2D eigenvalue weighted by Crippen LogP contribution is -2.33. The Morgan fingerprint density at radius 2 is 1.89 bits per heavy atom. The zero-order valence-corrected chi connectivity index (χ0v) is 12.3. The van der Waals surface area contributed by atoms with E-state index in [1.807, 2.05) is 42.2 Å². The third-order valence-electron chi connectivity index (χ3n) is 3.29. The highest BCUT2D eigenvalue weighted by atomic mass is 16.2. The van der Waals surface area contributed by atoms with Crippen LogP contribution in [0.4, 0.5) is 5.69 Å². The number of hydrogen-bond acceptors (Lipinski definition) is 2. The van der Waals surface area contributed by atoms with Gasteiger partial charge in [0.15, 0.2) is 0 Å². The first-order valence-corrected chi connectivity index (χ1v) is 7.13. The Morgan fingerprint density at radius 1 is 1.26 bits per heavy atom. The molecule has 0 unspecified atom stereocenters. The fourth-order valence-corrected chi connectivity index (χ4v) is 2.40. The molecule has 1 amide bonds. The van der Waals surface area contributed by atoms with Crippen LogP contribution in [-0.2, 0) is 4.79 Å². The number of carbonyl (C=O) groups is 1. The second-order valence-corrected chi connectivity index (χ2v) is 5.41. The van der Waals surface area contributed by atoms with Crippen molar-refractivity contribution in [3.8, 4) is 0 Å².